The van der Waals surface area contributed by atoms with Crippen LogP contribution in [-0.4, -0.2) is 5.97 Å². The maximum Gasteiger partial charge on any atom is 0.343 e. The van der Waals surface area contributed by atoms with Gasteiger partial charge < -0.3 is 4.74 Å². The summed E-state index contributed by atoms with van der Waals surface area (Å²) in [5.74, 6) is 1.17. The molecular formula is C30H42O2. The van der Waals surface area contributed by atoms with Gasteiger partial charge in [0.1, 0.15) is 5.75 Å². The van der Waals surface area contributed by atoms with E-state index in [9.17, 15) is 4.79 Å². The molecule has 0 aliphatic carbocycles. The number of benzene rings is 2. The minimum absolute atomic E-state index is 0.290. The van der Waals surface area contributed by atoms with E-state index in [1.165, 1.54) is 49.7 Å². The standard InChI is InChI=1S/C30H42O2/c1-6-10-14-24(12-7-2)19-22-26(13-8-3)29-25(9-4)15-11-16-28(29)32-30(31)27-20-17-23(5)18-21-27/h11,13,15-18,20-21,24H,6-10,12,14,19,22H2,1-5H3/b26-13-/t24-/m1/s1. The first kappa shape index (κ1) is 25.9. The first-order chi connectivity index (χ1) is 15.5. The van der Waals surface area contributed by atoms with Crippen LogP contribution in [0.5, 0.6) is 5.75 Å². The zero-order chi connectivity index (χ0) is 23.3. The largest absolute Gasteiger partial charge is 0.422 e. The number of rotatable bonds is 13. The summed E-state index contributed by atoms with van der Waals surface area (Å²) >= 11 is 0. The fraction of sp³-hybridized carbons (Fsp3) is 0.500. The molecule has 0 aromatic heterocycles. The Hall–Kier alpha value is -2.35. The Balaban J connectivity index is 2.31. The average molecular weight is 435 g/mol. The van der Waals surface area contributed by atoms with Crippen molar-refractivity contribution in [2.45, 2.75) is 92.4 Å². The van der Waals surface area contributed by atoms with Crippen LogP contribution in [0.2, 0.25) is 0 Å². The van der Waals surface area contributed by atoms with Gasteiger partial charge in [-0.3, -0.25) is 0 Å². The van der Waals surface area contributed by atoms with Crippen molar-refractivity contribution < 1.29 is 9.53 Å². The smallest absolute Gasteiger partial charge is 0.343 e. The minimum Gasteiger partial charge on any atom is -0.422 e. The Morgan fingerprint density at radius 1 is 0.938 bits per heavy atom. The zero-order valence-corrected chi connectivity index (χ0v) is 20.9. The molecule has 0 saturated heterocycles. The Morgan fingerprint density at radius 2 is 1.69 bits per heavy atom. The molecule has 174 valence electrons. The second-order valence-corrected chi connectivity index (χ2v) is 8.87. The van der Waals surface area contributed by atoms with Gasteiger partial charge in [0, 0.05) is 5.56 Å². The number of carbonyl (C=O) groups excluding carboxylic acids is 1. The van der Waals surface area contributed by atoms with Gasteiger partial charge in [-0.2, -0.15) is 0 Å². The molecule has 0 aliphatic rings. The highest BCUT2D eigenvalue weighted by Crippen LogP contribution is 2.35. The van der Waals surface area contributed by atoms with Gasteiger partial charge in [0.2, 0.25) is 0 Å². The predicted molar refractivity (Wildman–Crippen MR) is 137 cm³/mol. The lowest BCUT2D eigenvalue weighted by atomic mass is 9.87. The molecule has 2 aromatic rings. The second kappa shape index (κ2) is 13.9. The molecule has 0 aliphatic heterocycles. The van der Waals surface area contributed by atoms with Gasteiger partial charge in [-0.25, -0.2) is 4.79 Å². The molecule has 0 N–H and O–H groups in total. The van der Waals surface area contributed by atoms with Crippen molar-refractivity contribution in [3.8, 4) is 5.75 Å². The van der Waals surface area contributed by atoms with Crippen molar-refractivity contribution in [1.29, 1.82) is 0 Å². The number of hydrogen-bond donors (Lipinski definition) is 0. The van der Waals surface area contributed by atoms with Gasteiger partial charge in [-0.1, -0.05) is 95.7 Å². The number of aryl methyl sites for hydroxylation is 2. The van der Waals surface area contributed by atoms with E-state index in [2.05, 4.69) is 39.8 Å². The molecule has 0 radical (unpaired) electrons. The van der Waals surface area contributed by atoms with Gasteiger partial charge in [-0.05, 0) is 67.9 Å². The van der Waals surface area contributed by atoms with E-state index in [1.54, 1.807) is 0 Å². The molecule has 2 rings (SSSR count). The van der Waals surface area contributed by atoms with Crippen molar-refractivity contribution in [1.82, 2.24) is 0 Å². The first-order valence-electron chi connectivity index (χ1n) is 12.6. The van der Waals surface area contributed by atoms with Crippen molar-refractivity contribution in [3.63, 3.8) is 0 Å². The summed E-state index contributed by atoms with van der Waals surface area (Å²) in [7, 11) is 0. The molecule has 2 aromatic carbocycles. The van der Waals surface area contributed by atoms with E-state index < -0.39 is 0 Å². The minimum atomic E-state index is -0.290. The summed E-state index contributed by atoms with van der Waals surface area (Å²) in [6.07, 6.45) is 12.9. The van der Waals surface area contributed by atoms with Crippen LogP contribution < -0.4 is 4.74 Å². The maximum absolute atomic E-state index is 12.9. The monoisotopic (exact) mass is 434 g/mol. The van der Waals surface area contributed by atoms with E-state index >= 15 is 0 Å². The van der Waals surface area contributed by atoms with E-state index in [4.69, 9.17) is 4.74 Å². The van der Waals surface area contributed by atoms with Crippen LogP contribution >= 0.6 is 0 Å². The van der Waals surface area contributed by atoms with Gasteiger partial charge in [-0.15, -0.1) is 0 Å². The number of esters is 1. The molecule has 0 bridgehead atoms. The quantitative estimate of drug-likeness (QED) is 0.232. The number of hydrogen-bond acceptors (Lipinski definition) is 2. The van der Waals surface area contributed by atoms with Crippen LogP contribution in [0, 0.1) is 12.8 Å². The van der Waals surface area contributed by atoms with Crippen LogP contribution in [0.1, 0.15) is 106 Å². The number of ether oxygens (including phenoxy) is 1. The zero-order valence-electron chi connectivity index (χ0n) is 20.9. The number of unbranched alkanes of at least 4 members (excludes halogenated alkanes) is 1. The predicted octanol–water partition coefficient (Wildman–Crippen LogP) is 8.96. The third-order valence-corrected chi connectivity index (χ3v) is 6.24. The van der Waals surface area contributed by atoms with Gasteiger partial charge >= 0.3 is 5.97 Å². The SMILES string of the molecule is CC/C=C(/CC[C@H](CCC)CCCC)c1c(CC)cccc1OC(=O)c1ccc(C)cc1. The normalized spacial score (nSPS) is 12.6. The van der Waals surface area contributed by atoms with Crippen LogP contribution in [0.3, 0.4) is 0 Å². The first-order valence-corrected chi connectivity index (χ1v) is 12.6. The number of carbonyl (C=O) groups is 1. The molecule has 0 fully saturated rings. The Labute approximate surface area is 196 Å². The van der Waals surface area contributed by atoms with Gasteiger partial charge in [0.25, 0.3) is 0 Å². The Bertz CT molecular complexity index is 861. The van der Waals surface area contributed by atoms with Crippen LogP contribution in [-0.2, 0) is 6.42 Å². The van der Waals surface area contributed by atoms with E-state index in [-0.39, 0.29) is 5.97 Å². The Morgan fingerprint density at radius 3 is 2.31 bits per heavy atom. The van der Waals surface area contributed by atoms with Crippen molar-refractivity contribution in [2.24, 2.45) is 5.92 Å². The maximum atomic E-state index is 12.9. The summed E-state index contributed by atoms with van der Waals surface area (Å²) in [6, 6.07) is 13.7. The van der Waals surface area contributed by atoms with E-state index in [1.807, 2.05) is 43.3 Å². The highest BCUT2D eigenvalue weighted by atomic mass is 16.5. The molecule has 0 heterocycles. The highest BCUT2D eigenvalue weighted by Gasteiger charge is 2.18. The van der Waals surface area contributed by atoms with E-state index in [0.717, 1.165) is 36.3 Å². The molecular weight excluding hydrogens is 392 g/mol. The topological polar surface area (TPSA) is 26.3 Å². The molecule has 0 unspecified atom stereocenters. The summed E-state index contributed by atoms with van der Waals surface area (Å²) in [5, 5.41) is 0. The fourth-order valence-electron chi connectivity index (χ4n) is 4.44. The summed E-state index contributed by atoms with van der Waals surface area (Å²) in [4.78, 5) is 12.9. The molecule has 2 heteroatoms. The molecule has 0 spiro atoms. The fourth-order valence-corrected chi connectivity index (χ4v) is 4.44. The van der Waals surface area contributed by atoms with Crippen LogP contribution in [0.25, 0.3) is 5.57 Å². The van der Waals surface area contributed by atoms with Crippen LogP contribution in [0.15, 0.2) is 48.5 Å². The molecule has 1 atom stereocenters. The number of allylic oxidation sites excluding steroid dienone is 2. The highest BCUT2D eigenvalue weighted by molar-refractivity contribution is 5.92. The van der Waals surface area contributed by atoms with Crippen molar-refractivity contribution in [3.05, 3.63) is 70.8 Å². The lowest BCUT2D eigenvalue weighted by Gasteiger charge is -2.20. The summed E-state index contributed by atoms with van der Waals surface area (Å²) < 4.78 is 5.98. The lowest BCUT2D eigenvalue weighted by molar-refractivity contribution is 0.0734. The second-order valence-electron chi connectivity index (χ2n) is 8.87. The molecule has 0 amide bonds. The third-order valence-electron chi connectivity index (χ3n) is 6.24. The molecule has 32 heavy (non-hydrogen) atoms. The summed E-state index contributed by atoms with van der Waals surface area (Å²) in [5.41, 5.74) is 5.43. The van der Waals surface area contributed by atoms with Gasteiger partial charge in [0.15, 0.2) is 0 Å². The lowest BCUT2D eigenvalue weighted by Crippen LogP contribution is -2.11. The average Bonchev–Trinajstić information content (AvgIpc) is 2.80. The van der Waals surface area contributed by atoms with Crippen molar-refractivity contribution >= 4 is 11.5 Å². The summed E-state index contributed by atoms with van der Waals surface area (Å²) in [6.45, 7) is 10.9. The van der Waals surface area contributed by atoms with Crippen LogP contribution in [0.4, 0.5) is 0 Å². The van der Waals surface area contributed by atoms with Crippen molar-refractivity contribution in [2.75, 3.05) is 0 Å². The van der Waals surface area contributed by atoms with E-state index in [0.29, 0.717) is 11.3 Å². The van der Waals surface area contributed by atoms with Gasteiger partial charge in [0.05, 0.1) is 5.56 Å². The molecule has 2 nitrogen and oxygen atoms in total. The molecule has 0 saturated carbocycles. The Kier molecular flexibility index (Phi) is 11.3. The third kappa shape index (κ3) is 7.65.